The van der Waals surface area contributed by atoms with Gasteiger partial charge in [0.15, 0.2) is 0 Å². The van der Waals surface area contributed by atoms with Crippen LogP contribution in [0.3, 0.4) is 0 Å². The Morgan fingerprint density at radius 1 is 0.415 bits per heavy atom. The summed E-state index contributed by atoms with van der Waals surface area (Å²) < 4.78 is 6.63. The summed E-state index contributed by atoms with van der Waals surface area (Å²) in [6.45, 7) is 0. The lowest BCUT2D eigenvalue weighted by Crippen LogP contribution is -2.12. The van der Waals surface area contributed by atoms with Gasteiger partial charge in [0.05, 0.1) is 5.92 Å². The number of rotatable bonds is 4. The molecular weight excluding hydrogens is 641 g/mol. The van der Waals surface area contributed by atoms with Gasteiger partial charge in [0.25, 0.3) is 0 Å². The molecule has 2 aliphatic rings. The molecule has 2 unspecified atom stereocenters. The molecule has 1 aliphatic carbocycles. The fourth-order valence-corrected chi connectivity index (χ4v) is 9.16. The second-order valence-electron chi connectivity index (χ2n) is 14.3. The first-order chi connectivity index (χ1) is 26.3. The van der Waals surface area contributed by atoms with Gasteiger partial charge in [-0.15, -0.1) is 0 Å². The monoisotopic (exact) mass is 674 g/mol. The number of benzene rings is 9. The van der Waals surface area contributed by atoms with E-state index in [0.717, 1.165) is 11.5 Å². The van der Waals surface area contributed by atoms with Gasteiger partial charge in [-0.2, -0.15) is 0 Å². The molecule has 1 nitrogen and oxygen atoms in total. The maximum absolute atomic E-state index is 6.63. The van der Waals surface area contributed by atoms with E-state index in [-0.39, 0.29) is 11.8 Å². The highest BCUT2D eigenvalue weighted by Gasteiger charge is 2.38. The number of fused-ring (bicyclic) bond motifs is 8. The lowest BCUT2D eigenvalue weighted by molar-refractivity contribution is 0.420. The van der Waals surface area contributed by atoms with Crippen molar-refractivity contribution in [2.45, 2.75) is 11.8 Å². The smallest absolute Gasteiger partial charge is 0.138 e. The van der Waals surface area contributed by atoms with Gasteiger partial charge in [0, 0.05) is 16.9 Å². The summed E-state index contributed by atoms with van der Waals surface area (Å²) in [5.74, 6) is 2.32. The Morgan fingerprint density at radius 3 is 1.74 bits per heavy atom. The molecule has 0 aromatic heterocycles. The normalized spacial score (nSPS) is 16.1. The molecule has 1 aliphatic heterocycles. The summed E-state index contributed by atoms with van der Waals surface area (Å²) in [6, 6.07) is 64.5. The third-order valence-electron chi connectivity index (χ3n) is 11.5. The third kappa shape index (κ3) is 4.64. The van der Waals surface area contributed by atoms with Crippen molar-refractivity contribution in [2.24, 2.45) is 0 Å². The fourth-order valence-electron chi connectivity index (χ4n) is 9.16. The molecule has 1 heterocycles. The Hall–Kier alpha value is -6.70. The molecule has 0 amide bonds. The predicted molar refractivity (Wildman–Crippen MR) is 223 cm³/mol. The number of hydrogen-bond acceptors (Lipinski definition) is 1. The fraction of sp³-hybridized carbons (Fsp3) is 0.0385. The molecule has 0 saturated carbocycles. The molecule has 9 aromatic carbocycles. The van der Waals surface area contributed by atoms with Crippen LogP contribution in [-0.2, 0) is 0 Å². The van der Waals surface area contributed by atoms with Crippen LogP contribution in [0, 0.1) is 0 Å². The Bertz CT molecular complexity index is 2930. The van der Waals surface area contributed by atoms with Crippen molar-refractivity contribution in [3.05, 3.63) is 211 Å². The van der Waals surface area contributed by atoms with Crippen molar-refractivity contribution >= 4 is 43.1 Å². The second kappa shape index (κ2) is 11.9. The summed E-state index contributed by atoms with van der Waals surface area (Å²) in [5, 5.41) is 9.95. The van der Waals surface area contributed by atoms with Crippen LogP contribution >= 0.6 is 0 Å². The molecule has 53 heavy (non-hydrogen) atoms. The zero-order chi connectivity index (χ0) is 34.9. The molecule has 9 aromatic rings. The SMILES string of the molecule is C1=CC(c2cccc(-c3c4ccccc4c(-c4ccc(-c5ccccc5)c5ccccc45)c4ccccc34)c2)C2C(=C1)Oc1c2ccc2ccccc12. The van der Waals surface area contributed by atoms with Crippen molar-refractivity contribution in [1.82, 2.24) is 0 Å². The summed E-state index contributed by atoms with van der Waals surface area (Å²) in [6.07, 6.45) is 6.67. The zero-order valence-electron chi connectivity index (χ0n) is 29.0. The van der Waals surface area contributed by atoms with E-state index >= 15 is 0 Å². The van der Waals surface area contributed by atoms with E-state index in [1.54, 1.807) is 0 Å². The number of hydrogen-bond donors (Lipinski definition) is 0. The number of allylic oxidation sites excluding steroid dienone is 4. The standard InChI is InChI=1S/C52H34O/c1-2-14-33(15-3-1)37-30-31-46(41-21-7-6-20-40(37)41)50-44-24-10-8-22-42(44)49(43-23-9-11-25-45(43)50)36-18-12-17-35(32-36)38-26-13-27-48-51(38)47-29-28-34-16-4-5-19-39(34)52(47)53-48/h1-32,38,51H. The summed E-state index contributed by atoms with van der Waals surface area (Å²) in [5.41, 5.74) is 10.1. The molecule has 0 radical (unpaired) electrons. The molecule has 0 N–H and O–H groups in total. The summed E-state index contributed by atoms with van der Waals surface area (Å²) in [4.78, 5) is 0. The van der Waals surface area contributed by atoms with Crippen molar-refractivity contribution in [3.63, 3.8) is 0 Å². The molecule has 248 valence electrons. The van der Waals surface area contributed by atoms with Crippen molar-refractivity contribution in [2.75, 3.05) is 0 Å². The summed E-state index contributed by atoms with van der Waals surface area (Å²) in [7, 11) is 0. The van der Waals surface area contributed by atoms with E-state index in [1.807, 2.05) is 0 Å². The first-order valence-electron chi connectivity index (χ1n) is 18.5. The van der Waals surface area contributed by atoms with Crippen molar-refractivity contribution in [1.29, 1.82) is 0 Å². The van der Waals surface area contributed by atoms with E-state index in [0.29, 0.717) is 0 Å². The highest BCUT2D eigenvalue weighted by Crippen LogP contribution is 2.53. The van der Waals surface area contributed by atoms with Gasteiger partial charge in [0.2, 0.25) is 0 Å². The number of ether oxygens (including phenoxy) is 1. The average Bonchev–Trinajstić information content (AvgIpc) is 3.63. The molecular formula is C52H34O. The maximum atomic E-state index is 6.63. The second-order valence-corrected chi connectivity index (χ2v) is 14.3. The Balaban J connectivity index is 1.10. The molecule has 1 heteroatoms. The van der Waals surface area contributed by atoms with Crippen LogP contribution in [0.1, 0.15) is 23.0 Å². The van der Waals surface area contributed by atoms with E-state index in [9.17, 15) is 0 Å². The molecule has 0 spiro atoms. The highest BCUT2D eigenvalue weighted by atomic mass is 16.5. The van der Waals surface area contributed by atoms with Gasteiger partial charge in [0.1, 0.15) is 11.5 Å². The molecule has 2 atom stereocenters. The van der Waals surface area contributed by atoms with Crippen LogP contribution in [0.4, 0.5) is 0 Å². The average molecular weight is 675 g/mol. The van der Waals surface area contributed by atoms with Crippen LogP contribution in [-0.4, -0.2) is 0 Å². The van der Waals surface area contributed by atoms with Crippen LogP contribution < -0.4 is 4.74 Å². The van der Waals surface area contributed by atoms with E-state index in [4.69, 9.17) is 4.74 Å². The van der Waals surface area contributed by atoms with Crippen LogP contribution in [0.5, 0.6) is 5.75 Å². The van der Waals surface area contributed by atoms with E-state index < -0.39 is 0 Å². The molecule has 0 fully saturated rings. The third-order valence-corrected chi connectivity index (χ3v) is 11.5. The molecule has 0 saturated heterocycles. The Labute approximate surface area is 308 Å². The Morgan fingerprint density at radius 2 is 1.00 bits per heavy atom. The van der Waals surface area contributed by atoms with Gasteiger partial charge in [-0.25, -0.2) is 0 Å². The topological polar surface area (TPSA) is 9.23 Å². The van der Waals surface area contributed by atoms with Crippen LogP contribution in [0.25, 0.3) is 76.5 Å². The first-order valence-corrected chi connectivity index (χ1v) is 18.5. The molecule has 0 bridgehead atoms. The summed E-state index contributed by atoms with van der Waals surface area (Å²) >= 11 is 0. The van der Waals surface area contributed by atoms with Crippen molar-refractivity contribution < 1.29 is 4.74 Å². The van der Waals surface area contributed by atoms with Gasteiger partial charge in [-0.05, 0) is 82.7 Å². The minimum absolute atomic E-state index is 0.137. The highest BCUT2D eigenvalue weighted by molar-refractivity contribution is 6.24. The minimum Gasteiger partial charge on any atom is -0.460 e. The largest absolute Gasteiger partial charge is 0.460 e. The Kier molecular flexibility index (Phi) is 6.75. The lowest BCUT2D eigenvalue weighted by Gasteiger charge is -2.25. The minimum atomic E-state index is 0.137. The maximum Gasteiger partial charge on any atom is 0.138 e. The zero-order valence-corrected chi connectivity index (χ0v) is 29.0. The van der Waals surface area contributed by atoms with Gasteiger partial charge < -0.3 is 4.74 Å². The van der Waals surface area contributed by atoms with E-state index in [1.165, 1.54) is 87.6 Å². The van der Waals surface area contributed by atoms with Crippen molar-refractivity contribution in [3.8, 4) is 39.1 Å². The lowest BCUT2D eigenvalue weighted by atomic mass is 9.77. The van der Waals surface area contributed by atoms with Gasteiger partial charge in [-0.3, -0.25) is 0 Å². The first kappa shape index (κ1) is 30.0. The van der Waals surface area contributed by atoms with E-state index in [2.05, 4.69) is 194 Å². The molecule has 11 rings (SSSR count). The predicted octanol–water partition coefficient (Wildman–Crippen LogP) is 14.0. The quantitative estimate of drug-likeness (QED) is 0.169. The van der Waals surface area contributed by atoms with Crippen LogP contribution in [0.2, 0.25) is 0 Å². The van der Waals surface area contributed by atoms with Crippen LogP contribution in [0.15, 0.2) is 200 Å². The van der Waals surface area contributed by atoms with Gasteiger partial charge >= 0.3 is 0 Å². The van der Waals surface area contributed by atoms with Gasteiger partial charge in [-0.1, -0.05) is 188 Å².